The number of hydrogen-bond acceptors (Lipinski definition) is 5. The molecule has 1 fully saturated rings. The molecular weight excluding hydrogens is 318 g/mol. The number of rotatable bonds is 7. The maximum atomic E-state index is 12.4. The summed E-state index contributed by atoms with van der Waals surface area (Å²) in [6.45, 7) is 5.06. The first-order valence-corrected chi connectivity index (χ1v) is 9.30. The van der Waals surface area contributed by atoms with Gasteiger partial charge >= 0.3 is 0 Å². The zero-order valence-electron chi connectivity index (χ0n) is 13.6. The summed E-state index contributed by atoms with van der Waals surface area (Å²) < 4.78 is 38.2. The van der Waals surface area contributed by atoms with Gasteiger partial charge in [0.05, 0.1) is 17.6 Å². The Morgan fingerprint density at radius 3 is 2.39 bits per heavy atom. The van der Waals surface area contributed by atoms with Crippen molar-refractivity contribution in [1.29, 1.82) is 0 Å². The predicted molar refractivity (Wildman–Crippen MR) is 87.0 cm³/mol. The molecule has 0 amide bonds. The fraction of sp³-hybridized carbons (Fsp3) is 0.625. The van der Waals surface area contributed by atoms with E-state index < -0.39 is 15.4 Å². The minimum absolute atomic E-state index is 0.0357. The second-order valence-corrected chi connectivity index (χ2v) is 8.00. The van der Waals surface area contributed by atoms with Crippen molar-refractivity contribution in [3.63, 3.8) is 0 Å². The van der Waals surface area contributed by atoms with E-state index in [9.17, 15) is 13.5 Å². The van der Waals surface area contributed by atoms with E-state index in [2.05, 4.69) is 4.72 Å². The van der Waals surface area contributed by atoms with Crippen molar-refractivity contribution in [2.24, 2.45) is 5.41 Å². The van der Waals surface area contributed by atoms with Crippen LogP contribution < -0.4 is 9.46 Å². The van der Waals surface area contributed by atoms with Crippen LogP contribution in [0.15, 0.2) is 29.2 Å². The first-order chi connectivity index (χ1) is 10.9. The molecule has 1 aliphatic heterocycles. The molecule has 0 saturated carbocycles. The summed E-state index contributed by atoms with van der Waals surface area (Å²) in [4.78, 5) is 0.189. The lowest BCUT2D eigenvalue weighted by atomic mass is 9.81. The number of aliphatic hydroxyl groups is 1. The van der Waals surface area contributed by atoms with Crippen molar-refractivity contribution in [2.45, 2.75) is 37.7 Å². The van der Waals surface area contributed by atoms with Crippen LogP contribution in [0.25, 0.3) is 0 Å². The molecule has 0 aliphatic carbocycles. The van der Waals surface area contributed by atoms with Crippen LogP contribution in [0.3, 0.4) is 0 Å². The highest BCUT2D eigenvalue weighted by Crippen LogP contribution is 2.29. The average Bonchev–Trinajstić information content (AvgIpc) is 2.54. The van der Waals surface area contributed by atoms with E-state index in [0.717, 1.165) is 0 Å². The van der Waals surface area contributed by atoms with E-state index >= 15 is 0 Å². The Labute approximate surface area is 137 Å². The molecule has 1 heterocycles. The molecule has 130 valence electrons. The van der Waals surface area contributed by atoms with Crippen molar-refractivity contribution in [3.05, 3.63) is 24.3 Å². The molecule has 23 heavy (non-hydrogen) atoms. The molecule has 0 atom stereocenters. The highest BCUT2D eigenvalue weighted by atomic mass is 32.2. The van der Waals surface area contributed by atoms with Crippen molar-refractivity contribution in [3.8, 4) is 5.75 Å². The fourth-order valence-electron chi connectivity index (χ4n) is 2.50. The van der Waals surface area contributed by atoms with Gasteiger partial charge < -0.3 is 14.6 Å². The number of hydrogen-bond donors (Lipinski definition) is 2. The van der Waals surface area contributed by atoms with Gasteiger partial charge in [0.1, 0.15) is 5.75 Å². The monoisotopic (exact) mass is 343 g/mol. The quantitative estimate of drug-likeness (QED) is 0.784. The summed E-state index contributed by atoms with van der Waals surface area (Å²) in [6, 6.07) is 6.33. The smallest absolute Gasteiger partial charge is 0.240 e. The zero-order valence-corrected chi connectivity index (χ0v) is 14.4. The van der Waals surface area contributed by atoms with Crippen molar-refractivity contribution >= 4 is 10.0 Å². The third-order valence-electron chi connectivity index (χ3n) is 4.03. The summed E-state index contributed by atoms with van der Waals surface area (Å²) in [5.74, 6) is 0.634. The number of ether oxygens (including phenoxy) is 2. The lowest BCUT2D eigenvalue weighted by Crippen LogP contribution is -2.43. The van der Waals surface area contributed by atoms with Crippen molar-refractivity contribution < 1.29 is 23.0 Å². The average molecular weight is 343 g/mol. The summed E-state index contributed by atoms with van der Waals surface area (Å²) in [7, 11) is -3.61. The van der Waals surface area contributed by atoms with Crippen LogP contribution in [0.4, 0.5) is 0 Å². The molecular formula is C16H25NO5S. The molecule has 1 aromatic carbocycles. The van der Waals surface area contributed by atoms with Gasteiger partial charge in [-0.2, -0.15) is 0 Å². The summed E-state index contributed by atoms with van der Waals surface area (Å²) >= 11 is 0. The minimum atomic E-state index is -3.61. The standard InChI is InChI=1S/C16H25NO5S/c1-13(2)22-14-3-5-15(6-4-14)23(19,20)17-11-16(12-18)7-9-21-10-8-16/h3-6,13,17-18H,7-12H2,1-2H3. The van der Waals surface area contributed by atoms with E-state index in [-0.39, 0.29) is 24.2 Å². The van der Waals surface area contributed by atoms with Gasteiger partial charge in [-0.05, 0) is 51.0 Å². The van der Waals surface area contributed by atoms with Gasteiger partial charge in [-0.3, -0.25) is 0 Å². The highest BCUT2D eigenvalue weighted by molar-refractivity contribution is 7.89. The summed E-state index contributed by atoms with van der Waals surface area (Å²) in [5.41, 5.74) is -0.438. The number of aliphatic hydroxyl groups excluding tert-OH is 1. The molecule has 2 N–H and O–H groups in total. The van der Waals surface area contributed by atoms with Gasteiger partial charge in [-0.1, -0.05) is 0 Å². The van der Waals surface area contributed by atoms with E-state index in [0.29, 0.717) is 31.8 Å². The van der Waals surface area contributed by atoms with Crippen LogP contribution in [0.5, 0.6) is 5.75 Å². The highest BCUT2D eigenvalue weighted by Gasteiger charge is 2.33. The van der Waals surface area contributed by atoms with Gasteiger partial charge in [0, 0.05) is 25.2 Å². The Balaban J connectivity index is 2.03. The Morgan fingerprint density at radius 1 is 1.26 bits per heavy atom. The van der Waals surface area contributed by atoms with E-state index in [1.54, 1.807) is 12.1 Å². The number of sulfonamides is 1. The maximum absolute atomic E-state index is 12.4. The van der Waals surface area contributed by atoms with Crippen LogP contribution in [0.2, 0.25) is 0 Å². The van der Waals surface area contributed by atoms with Gasteiger partial charge in [0.25, 0.3) is 0 Å². The fourth-order valence-corrected chi connectivity index (χ4v) is 3.65. The first kappa shape index (κ1) is 18.2. The van der Waals surface area contributed by atoms with Crippen LogP contribution in [-0.2, 0) is 14.8 Å². The maximum Gasteiger partial charge on any atom is 0.240 e. The van der Waals surface area contributed by atoms with Gasteiger partial charge in [-0.15, -0.1) is 0 Å². The Bertz CT molecular complexity index is 591. The molecule has 2 rings (SSSR count). The van der Waals surface area contributed by atoms with E-state index in [4.69, 9.17) is 9.47 Å². The SMILES string of the molecule is CC(C)Oc1ccc(S(=O)(=O)NCC2(CO)CCOCC2)cc1. The molecule has 1 aliphatic rings. The van der Waals surface area contributed by atoms with Gasteiger partial charge in [-0.25, -0.2) is 13.1 Å². The molecule has 1 aromatic rings. The molecule has 0 radical (unpaired) electrons. The first-order valence-electron chi connectivity index (χ1n) is 7.82. The normalized spacial score (nSPS) is 18.1. The molecule has 0 unspecified atom stereocenters. The topological polar surface area (TPSA) is 84.9 Å². The Kier molecular flexibility index (Phi) is 6.02. The molecule has 0 spiro atoms. The largest absolute Gasteiger partial charge is 0.491 e. The van der Waals surface area contributed by atoms with Crippen LogP contribution >= 0.6 is 0 Å². The minimum Gasteiger partial charge on any atom is -0.491 e. The Morgan fingerprint density at radius 2 is 1.87 bits per heavy atom. The van der Waals surface area contributed by atoms with Crippen LogP contribution in [0.1, 0.15) is 26.7 Å². The van der Waals surface area contributed by atoms with Crippen LogP contribution in [0, 0.1) is 5.41 Å². The lowest BCUT2D eigenvalue weighted by molar-refractivity contribution is -0.0126. The Hall–Kier alpha value is -1.15. The molecule has 7 heteroatoms. The number of benzene rings is 1. The number of nitrogens with one attached hydrogen (secondary N) is 1. The van der Waals surface area contributed by atoms with Crippen LogP contribution in [-0.4, -0.2) is 46.0 Å². The third kappa shape index (κ3) is 4.91. The van der Waals surface area contributed by atoms with Crippen molar-refractivity contribution in [1.82, 2.24) is 4.72 Å². The predicted octanol–water partition coefficient (Wildman–Crippen LogP) is 1.54. The van der Waals surface area contributed by atoms with Crippen molar-refractivity contribution in [2.75, 3.05) is 26.4 Å². The van der Waals surface area contributed by atoms with E-state index in [1.165, 1.54) is 12.1 Å². The van der Waals surface area contributed by atoms with Gasteiger partial charge in [0.2, 0.25) is 10.0 Å². The second-order valence-electron chi connectivity index (χ2n) is 6.23. The summed E-state index contributed by atoms with van der Waals surface area (Å²) in [5, 5.41) is 9.62. The second kappa shape index (κ2) is 7.61. The zero-order chi connectivity index (χ0) is 16.9. The molecule has 0 aromatic heterocycles. The molecule has 6 nitrogen and oxygen atoms in total. The third-order valence-corrected chi connectivity index (χ3v) is 5.45. The lowest BCUT2D eigenvalue weighted by Gasteiger charge is -2.35. The molecule has 0 bridgehead atoms. The molecule has 1 saturated heterocycles. The van der Waals surface area contributed by atoms with Gasteiger partial charge in [0.15, 0.2) is 0 Å². The summed E-state index contributed by atoms with van der Waals surface area (Å²) in [6.07, 6.45) is 1.33. The van der Waals surface area contributed by atoms with E-state index in [1.807, 2.05) is 13.8 Å².